The molecule has 0 aliphatic rings. The molecule has 1 atom stereocenters. The molecule has 8 heteroatoms. The lowest BCUT2D eigenvalue weighted by molar-refractivity contribution is -0.118. The van der Waals surface area contributed by atoms with Crippen molar-refractivity contribution in [2.75, 3.05) is 12.9 Å². The number of oxazole rings is 1. The summed E-state index contributed by atoms with van der Waals surface area (Å²) in [6, 6.07) is 10.8. The molecule has 1 N–H and O–H groups in total. The van der Waals surface area contributed by atoms with Gasteiger partial charge < -0.3 is 18.9 Å². The number of carbonyl (C=O) groups excluding carboxylic acids is 1. The molecule has 0 unspecified atom stereocenters. The van der Waals surface area contributed by atoms with Crippen LogP contribution >= 0.6 is 0 Å². The van der Waals surface area contributed by atoms with Gasteiger partial charge in [0.25, 0.3) is 0 Å². The predicted molar refractivity (Wildman–Crippen MR) is 100 cm³/mol. The van der Waals surface area contributed by atoms with E-state index in [2.05, 4.69) is 10.3 Å². The van der Waals surface area contributed by atoms with E-state index >= 15 is 0 Å². The van der Waals surface area contributed by atoms with Gasteiger partial charge in [-0.25, -0.2) is 4.98 Å². The standard InChI is InChI=1S/C19H20N2O5S/c1-13-17(21-19(26-13)14-5-7-15(24-2)8-6-14)11-27(23)12-18(22)20-10-16-4-3-9-25-16/h3-9H,10-12H2,1-2H3,(H,20,22)/t27-/m0/s1. The van der Waals surface area contributed by atoms with Crippen LogP contribution < -0.4 is 10.1 Å². The number of hydrogen-bond acceptors (Lipinski definition) is 6. The average molecular weight is 388 g/mol. The van der Waals surface area contributed by atoms with Gasteiger partial charge in [0.1, 0.15) is 23.0 Å². The van der Waals surface area contributed by atoms with Gasteiger partial charge in [-0.1, -0.05) is 0 Å². The predicted octanol–water partition coefficient (Wildman–Crippen LogP) is 2.82. The maximum atomic E-state index is 12.3. The maximum Gasteiger partial charge on any atom is 0.233 e. The van der Waals surface area contributed by atoms with Gasteiger partial charge in [-0.3, -0.25) is 9.00 Å². The van der Waals surface area contributed by atoms with Crippen LogP contribution in [0.4, 0.5) is 0 Å². The first-order chi connectivity index (χ1) is 13.0. The fraction of sp³-hybridized carbons (Fsp3) is 0.263. The Labute approximate surface area is 159 Å². The van der Waals surface area contributed by atoms with Gasteiger partial charge in [0.15, 0.2) is 0 Å². The monoisotopic (exact) mass is 388 g/mol. The van der Waals surface area contributed by atoms with Crippen LogP contribution in [-0.2, 0) is 27.9 Å². The second-order valence-corrected chi connectivity index (χ2v) is 7.29. The summed E-state index contributed by atoms with van der Waals surface area (Å²) in [7, 11) is 0.207. The summed E-state index contributed by atoms with van der Waals surface area (Å²) in [5.41, 5.74) is 1.38. The topological polar surface area (TPSA) is 94.6 Å². The van der Waals surface area contributed by atoms with E-state index in [4.69, 9.17) is 13.6 Å². The maximum absolute atomic E-state index is 12.3. The van der Waals surface area contributed by atoms with E-state index in [0.29, 0.717) is 23.1 Å². The van der Waals surface area contributed by atoms with Crippen molar-refractivity contribution in [3.63, 3.8) is 0 Å². The Hall–Kier alpha value is -2.87. The number of nitrogens with one attached hydrogen (secondary N) is 1. The van der Waals surface area contributed by atoms with Gasteiger partial charge in [-0.05, 0) is 43.3 Å². The normalized spacial score (nSPS) is 11.9. The van der Waals surface area contributed by atoms with Crippen molar-refractivity contribution in [1.82, 2.24) is 10.3 Å². The Morgan fingerprint density at radius 3 is 2.70 bits per heavy atom. The zero-order chi connectivity index (χ0) is 19.2. The van der Waals surface area contributed by atoms with Crippen LogP contribution in [0.15, 0.2) is 51.5 Å². The van der Waals surface area contributed by atoms with E-state index in [1.165, 1.54) is 6.26 Å². The lowest BCUT2D eigenvalue weighted by Crippen LogP contribution is -2.28. The lowest BCUT2D eigenvalue weighted by Gasteiger charge is -2.03. The Kier molecular flexibility index (Phi) is 6.08. The Morgan fingerprint density at radius 2 is 2.04 bits per heavy atom. The van der Waals surface area contributed by atoms with E-state index in [1.54, 1.807) is 26.2 Å². The molecular weight excluding hydrogens is 368 g/mol. The highest BCUT2D eigenvalue weighted by Gasteiger charge is 2.16. The smallest absolute Gasteiger partial charge is 0.233 e. The highest BCUT2D eigenvalue weighted by atomic mass is 32.2. The molecule has 0 saturated carbocycles. The fourth-order valence-electron chi connectivity index (χ4n) is 2.42. The zero-order valence-corrected chi connectivity index (χ0v) is 15.9. The van der Waals surface area contributed by atoms with Gasteiger partial charge in [-0.15, -0.1) is 0 Å². The van der Waals surface area contributed by atoms with Crippen molar-refractivity contribution in [1.29, 1.82) is 0 Å². The number of amides is 1. The molecule has 2 heterocycles. The van der Waals surface area contributed by atoms with Crippen LogP contribution in [0.25, 0.3) is 11.5 Å². The number of rotatable bonds is 8. The molecule has 0 saturated heterocycles. The minimum atomic E-state index is -1.39. The SMILES string of the molecule is COc1ccc(-c2nc(C[S@](=O)CC(=O)NCc3ccco3)c(C)o2)cc1. The van der Waals surface area contributed by atoms with Crippen molar-refractivity contribution >= 4 is 16.7 Å². The fourth-order valence-corrected chi connectivity index (χ4v) is 3.49. The van der Waals surface area contributed by atoms with E-state index in [0.717, 1.165) is 11.3 Å². The zero-order valence-electron chi connectivity index (χ0n) is 15.1. The van der Waals surface area contributed by atoms with Crippen molar-refractivity contribution in [3.05, 3.63) is 59.9 Å². The summed E-state index contributed by atoms with van der Waals surface area (Å²) < 4.78 is 28.2. The largest absolute Gasteiger partial charge is 0.497 e. The number of benzene rings is 1. The molecule has 3 aromatic rings. The molecule has 27 heavy (non-hydrogen) atoms. The molecule has 7 nitrogen and oxygen atoms in total. The first kappa shape index (κ1) is 18.9. The second kappa shape index (κ2) is 8.68. The highest BCUT2D eigenvalue weighted by molar-refractivity contribution is 7.84. The van der Waals surface area contributed by atoms with Crippen LogP contribution in [-0.4, -0.2) is 28.0 Å². The molecule has 1 aromatic carbocycles. The molecule has 3 rings (SSSR count). The van der Waals surface area contributed by atoms with Crippen LogP contribution in [0.5, 0.6) is 5.75 Å². The number of carbonyl (C=O) groups is 1. The summed E-state index contributed by atoms with van der Waals surface area (Å²) in [5, 5.41) is 2.68. The minimum absolute atomic E-state index is 0.106. The third-order valence-corrected chi connectivity index (χ3v) is 5.04. The van der Waals surface area contributed by atoms with E-state index in [1.807, 2.05) is 24.3 Å². The molecular formula is C19H20N2O5S. The summed E-state index contributed by atoms with van der Waals surface area (Å²) >= 11 is 0. The summed E-state index contributed by atoms with van der Waals surface area (Å²) in [6.45, 7) is 2.04. The number of methoxy groups -OCH3 is 1. The van der Waals surface area contributed by atoms with Gasteiger partial charge >= 0.3 is 0 Å². The van der Waals surface area contributed by atoms with Crippen molar-refractivity contribution in [2.45, 2.75) is 19.2 Å². The number of aromatic nitrogens is 1. The molecule has 1 amide bonds. The Balaban J connectivity index is 1.57. The minimum Gasteiger partial charge on any atom is -0.497 e. The molecule has 2 aromatic heterocycles. The summed E-state index contributed by atoms with van der Waals surface area (Å²) in [5.74, 6) is 2.16. The van der Waals surface area contributed by atoms with E-state index in [9.17, 15) is 9.00 Å². The molecule has 0 aliphatic heterocycles. The molecule has 0 fully saturated rings. The molecule has 142 valence electrons. The van der Waals surface area contributed by atoms with Crippen LogP contribution in [0.2, 0.25) is 0 Å². The number of hydrogen-bond donors (Lipinski definition) is 1. The van der Waals surface area contributed by atoms with Gasteiger partial charge in [0.2, 0.25) is 11.8 Å². The van der Waals surface area contributed by atoms with Crippen LogP contribution in [0, 0.1) is 6.92 Å². The summed E-state index contributed by atoms with van der Waals surface area (Å²) in [6.07, 6.45) is 1.54. The highest BCUT2D eigenvalue weighted by Crippen LogP contribution is 2.24. The molecule has 0 spiro atoms. The Morgan fingerprint density at radius 1 is 1.26 bits per heavy atom. The van der Waals surface area contributed by atoms with Crippen molar-refractivity contribution in [2.24, 2.45) is 0 Å². The van der Waals surface area contributed by atoms with Gasteiger partial charge in [-0.2, -0.15) is 0 Å². The Bertz CT molecular complexity index is 916. The number of aryl methyl sites for hydroxylation is 1. The number of nitrogens with zero attached hydrogens (tertiary/aromatic N) is 1. The van der Waals surface area contributed by atoms with E-state index < -0.39 is 10.8 Å². The lowest BCUT2D eigenvalue weighted by atomic mass is 10.2. The molecule has 0 bridgehead atoms. The summed E-state index contributed by atoms with van der Waals surface area (Å²) in [4.78, 5) is 16.3. The quantitative estimate of drug-likeness (QED) is 0.638. The van der Waals surface area contributed by atoms with Crippen LogP contribution in [0.1, 0.15) is 17.2 Å². The third-order valence-electron chi connectivity index (χ3n) is 3.86. The molecule has 0 aliphatic carbocycles. The third kappa shape index (κ3) is 5.07. The van der Waals surface area contributed by atoms with Gasteiger partial charge in [0, 0.05) is 16.4 Å². The van der Waals surface area contributed by atoms with Crippen molar-refractivity contribution in [3.8, 4) is 17.2 Å². The second-order valence-electron chi connectivity index (χ2n) is 5.83. The van der Waals surface area contributed by atoms with Gasteiger partial charge in [0.05, 0.1) is 31.4 Å². The molecule has 0 radical (unpaired) electrons. The van der Waals surface area contributed by atoms with Crippen molar-refractivity contribution < 1.29 is 22.6 Å². The average Bonchev–Trinajstić information content (AvgIpc) is 3.30. The first-order valence-corrected chi connectivity index (χ1v) is 9.78. The number of furan rings is 1. The first-order valence-electron chi connectivity index (χ1n) is 8.30. The number of ether oxygens (including phenoxy) is 1. The van der Waals surface area contributed by atoms with E-state index in [-0.39, 0.29) is 24.0 Å². The van der Waals surface area contributed by atoms with Crippen LogP contribution in [0.3, 0.4) is 0 Å².